The van der Waals surface area contributed by atoms with E-state index < -0.39 is 29.4 Å². The van der Waals surface area contributed by atoms with Crippen LogP contribution in [0, 0.1) is 23.3 Å². The summed E-state index contributed by atoms with van der Waals surface area (Å²) < 4.78 is 64.3. The molecule has 4 rings (SSSR count). The zero-order chi connectivity index (χ0) is 28.6. The fraction of sp³-hybridized carbons (Fsp3) is 0.235. The Bertz CT molecular complexity index is 1450. The van der Waals surface area contributed by atoms with Crippen LogP contribution in [0.3, 0.4) is 0 Å². The Hall–Kier alpha value is -3.90. The van der Waals surface area contributed by atoms with Gasteiger partial charge in [-0.05, 0) is 65.6 Å². The average molecular weight is 549 g/mol. The quantitative estimate of drug-likeness (QED) is 0.109. The molecule has 40 heavy (non-hydrogen) atoms. The van der Waals surface area contributed by atoms with Gasteiger partial charge in [0.1, 0.15) is 0 Å². The topological polar surface area (TPSA) is 29.5 Å². The third-order valence-corrected chi connectivity index (χ3v) is 6.91. The predicted molar refractivity (Wildman–Crippen MR) is 151 cm³/mol. The SMILES string of the molecule is C=CCCOc1ccc(-c2ccc(CCc3ccc(-c4ccc(C(O)CCC)cc4)c(F)c3F)cc2)c(F)c1F. The number of ether oxygens (including phenoxy) is 1. The Labute approximate surface area is 232 Å². The maximum Gasteiger partial charge on any atom is 0.201 e. The maximum atomic E-state index is 15.0. The molecule has 1 N–H and O–H groups in total. The van der Waals surface area contributed by atoms with Crippen LogP contribution in [0.4, 0.5) is 17.6 Å². The van der Waals surface area contributed by atoms with Gasteiger partial charge in [0, 0.05) is 11.1 Å². The minimum atomic E-state index is -1.04. The van der Waals surface area contributed by atoms with Crippen LogP contribution in [-0.4, -0.2) is 11.7 Å². The van der Waals surface area contributed by atoms with Gasteiger partial charge >= 0.3 is 0 Å². The van der Waals surface area contributed by atoms with Gasteiger partial charge in [-0.25, -0.2) is 13.2 Å². The van der Waals surface area contributed by atoms with Crippen LogP contribution in [-0.2, 0) is 12.8 Å². The van der Waals surface area contributed by atoms with Gasteiger partial charge in [0.15, 0.2) is 23.2 Å². The molecule has 4 aromatic carbocycles. The largest absolute Gasteiger partial charge is 0.490 e. The summed E-state index contributed by atoms with van der Waals surface area (Å²) in [6.45, 7) is 5.76. The lowest BCUT2D eigenvalue weighted by Gasteiger charge is -2.12. The van der Waals surface area contributed by atoms with Gasteiger partial charge in [-0.2, -0.15) is 4.39 Å². The van der Waals surface area contributed by atoms with Gasteiger partial charge in [0.25, 0.3) is 0 Å². The second-order valence-corrected chi connectivity index (χ2v) is 9.69. The summed E-state index contributed by atoms with van der Waals surface area (Å²) in [5.41, 5.74) is 3.13. The molecule has 0 aliphatic heterocycles. The van der Waals surface area contributed by atoms with Crippen molar-refractivity contribution >= 4 is 0 Å². The van der Waals surface area contributed by atoms with Gasteiger partial charge in [-0.3, -0.25) is 0 Å². The van der Waals surface area contributed by atoms with E-state index >= 15 is 0 Å². The first-order valence-corrected chi connectivity index (χ1v) is 13.4. The molecule has 0 aliphatic rings. The first-order valence-electron chi connectivity index (χ1n) is 13.4. The molecule has 6 heteroatoms. The lowest BCUT2D eigenvalue weighted by Crippen LogP contribution is -2.01. The standard InChI is InChI=1S/C34H32F4O2/c1-3-5-21-40-30-20-19-28(33(37)34(30)38)23-10-7-22(8-11-23)9-12-26-17-18-27(32(36)31(26)35)24-13-15-25(16-14-24)29(39)6-4-2/h3,7-8,10-11,13-20,29,39H,1,4-6,9,12,21H2,2H3. The second-order valence-electron chi connectivity index (χ2n) is 9.69. The molecule has 0 fully saturated rings. The first kappa shape index (κ1) is 29.1. The Morgan fingerprint density at radius 2 is 1.35 bits per heavy atom. The molecule has 0 spiro atoms. The summed E-state index contributed by atoms with van der Waals surface area (Å²) in [5.74, 6) is -3.99. The van der Waals surface area contributed by atoms with Crippen molar-refractivity contribution < 1.29 is 27.4 Å². The predicted octanol–water partition coefficient (Wildman–Crippen LogP) is 9.15. The van der Waals surface area contributed by atoms with Crippen LogP contribution >= 0.6 is 0 Å². The Balaban J connectivity index is 1.43. The summed E-state index contributed by atoms with van der Waals surface area (Å²) in [6.07, 6.45) is 3.75. The van der Waals surface area contributed by atoms with Crippen molar-refractivity contribution in [2.24, 2.45) is 0 Å². The zero-order valence-electron chi connectivity index (χ0n) is 22.4. The van der Waals surface area contributed by atoms with Crippen molar-refractivity contribution in [1.29, 1.82) is 0 Å². The molecule has 0 heterocycles. The van der Waals surface area contributed by atoms with Crippen LogP contribution in [0.25, 0.3) is 22.3 Å². The van der Waals surface area contributed by atoms with E-state index in [4.69, 9.17) is 4.74 Å². The van der Waals surface area contributed by atoms with Gasteiger partial charge in [0.05, 0.1) is 12.7 Å². The van der Waals surface area contributed by atoms with Crippen molar-refractivity contribution in [2.45, 2.75) is 45.1 Å². The number of aliphatic hydroxyl groups is 1. The minimum absolute atomic E-state index is 0.108. The number of aliphatic hydroxyl groups excluding tert-OH is 1. The number of hydrogen-bond acceptors (Lipinski definition) is 2. The highest BCUT2D eigenvalue weighted by atomic mass is 19.2. The Morgan fingerprint density at radius 1 is 0.750 bits per heavy atom. The molecule has 4 aromatic rings. The van der Waals surface area contributed by atoms with E-state index in [9.17, 15) is 22.7 Å². The van der Waals surface area contributed by atoms with Crippen LogP contribution < -0.4 is 4.74 Å². The third kappa shape index (κ3) is 6.62. The fourth-order valence-corrected chi connectivity index (χ4v) is 4.58. The molecule has 0 saturated carbocycles. The van der Waals surface area contributed by atoms with E-state index in [1.807, 2.05) is 6.92 Å². The fourth-order valence-electron chi connectivity index (χ4n) is 4.58. The summed E-state index contributed by atoms with van der Waals surface area (Å²) >= 11 is 0. The van der Waals surface area contributed by atoms with Gasteiger partial charge in [-0.1, -0.05) is 80.1 Å². The molecule has 0 amide bonds. The molecule has 1 unspecified atom stereocenters. The molecule has 0 radical (unpaired) electrons. The zero-order valence-corrected chi connectivity index (χ0v) is 22.4. The summed E-state index contributed by atoms with van der Waals surface area (Å²) in [4.78, 5) is 0. The maximum absolute atomic E-state index is 15.0. The first-order chi connectivity index (χ1) is 19.3. The minimum Gasteiger partial charge on any atom is -0.490 e. The normalized spacial score (nSPS) is 11.8. The highest BCUT2D eigenvalue weighted by Gasteiger charge is 2.17. The van der Waals surface area contributed by atoms with Crippen molar-refractivity contribution in [2.75, 3.05) is 6.61 Å². The molecule has 208 valence electrons. The lowest BCUT2D eigenvalue weighted by atomic mass is 9.96. The number of hydrogen-bond donors (Lipinski definition) is 1. The third-order valence-electron chi connectivity index (χ3n) is 6.91. The highest BCUT2D eigenvalue weighted by Crippen LogP contribution is 2.31. The molecule has 0 aliphatic carbocycles. The second kappa shape index (κ2) is 13.4. The van der Waals surface area contributed by atoms with E-state index in [2.05, 4.69) is 6.58 Å². The number of halogens is 4. The van der Waals surface area contributed by atoms with Crippen LogP contribution in [0.2, 0.25) is 0 Å². The summed E-state index contributed by atoms with van der Waals surface area (Å²) in [6, 6.07) is 19.7. The summed E-state index contributed by atoms with van der Waals surface area (Å²) in [7, 11) is 0. The highest BCUT2D eigenvalue weighted by molar-refractivity contribution is 5.66. The molecule has 0 bridgehead atoms. The smallest absolute Gasteiger partial charge is 0.201 e. The molecule has 0 aromatic heterocycles. The van der Waals surface area contributed by atoms with Gasteiger partial charge < -0.3 is 9.84 Å². The number of benzene rings is 4. The summed E-state index contributed by atoms with van der Waals surface area (Å²) in [5, 5.41) is 10.1. The van der Waals surface area contributed by atoms with Crippen LogP contribution in [0.15, 0.2) is 85.5 Å². The lowest BCUT2D eigenvalue weighted by molar-refractivity contribution is 0.166. The van der Waals surface area contributed by atoms with Crippen molar-refractivity contribution in [3.63, 3.8) is 0 Å². The van der Waals surface area contributed by atoms with Crippen LogP contribution in [0.5, 0.6) is 5.75 Å². The van der Waals surface area contributed by atoms with Gasteiger partial charge in [0.2, 0.25) is 5.82 Å². The molecule has 1 atom stereocenters. The average Bonchev–Trinajstić information content (AvgIpc) is 2.97. The van der Waals surface area contributed by atoms with E-state index in [0.717, 1.165) is 17.5 Å². The Kier molecular flexibility index (Phi) is 9.78. The van der Waals surface area contributed by atoms with Crippen LogP contribution in [0.1, 0.15) is 49.0 Å². The van der Waals surface area contributed by atoms with Crippen molar-refractivity contribution in [3.8, 4) is 28.0 Å². The number of aryl methyl sites for hydroxylation is 2. The molecular weight excluding hydrogens is 516 g/mol. The van der Waals surface area contributed by atoms with E-state index in [0.29, 0.717) is 30.4 Å². The Morgan fingerprint density at radius 3 is 1.98 bits per heavy atom. The van der Waals surface area contributed by atoms with Crippen molar-refractivity contribution in [3.05, 3.63) is 125 Å². The van der Waals surface area contributed by atoms with E-state index in [-0.39, 0.29) is 35.5 Å². The van der Waals surface area contributed by atoms with E-state index in [1.165, 1.54) is 12.1 Å². The molecular formula is C34H32F4O2. The monoisotopic (exact) mass is 548 g/mol. The molecule has 0 saturated heterocycles. The number of rotatable bonds is 12. The molecule has 2 nitrogen and oxygen atoms in total. The van der Waals surface area contributed by atoms with Crippen molar-refractivity contribution in [1.82, 2.24) is 0 Å². The van der Waals surface area contributed by atoms with E-state index in [1.54, 1.807) is 66.7 Å². The van der Waals surface area contributed by atoms with Gasteiger partial charge in [-0.15, -0.1) is 6.58 Å².